The zero-order valence-corrected chi connectivity index (χ0v) is 17.5. The van der Waals surface area contributed by atoms with Crippen LogP contribution in [0, 0.1) is 19.8 Å². The normalized spacial score (nSPS) is 19.2. The van der Waals surface area contributed by atoms with E-state index in [4.69, 9.17) is 0 Å². The molecule has 0 unspecified atom stereocenters. The Bertz CT molecular complexity index is 942. The summed E-state index contributed by atoms with van der Waals surface area (Å²) in [6, 6.07) is 15.1. The Morgan fingerprint density at radius 2 is 1.86 bits per heavy atom. The Hall–Kier alpha value is -2.18. The van der Waals surface area contributed by atoms with E-state index >= 15 is 0 Å². The summed E-state index contributed by atoms with van der Waals surface area (Å²) in [4.78, 5) is 13.1. The quantitative estimate of drug-likeness (QED) is 0.834. The molecule has 0 bridgehead atoms. The Balaban J connectivity index is 1.73. The molecule has 2 aromatic rings. The zero-order valence-electron chi connectivity index (χ0n) is 16.7. The van der Waals surface area contributed by atoms with Gasteiger partial charge < -0.3 is 5.32 Å². The van der Waals surface area contributed by atoms with Gasteiger partial charge in [0.2, 0.25) is 15.9 Å². The van der Waals surface area contributed by atoms with Crippen LogP contribution >= 0.6 is 0 Å². The van der Waals surface area contributed by atoms with Crippen LogP contribution in [0.15, 0.2) is 53.4 Å². The number of benzene rings is 2. The maximum absolute atomic E-state index is 13.2. The van der Waals surface area contributed by atoms with Crippen LogP contribution in [0.3, 0.4) is 0 Å². The van der Waals surface area contributed by atoms with E-state index < -0.39 is 10.0 Å². The minimum atomic E-state index is -3.61. The minimum absolute atomic E-state index is 0.0859. The van der Waals surface area contributed by atoms with Gasteiger partial charge in [0.05, 0.1) is 16.9 Å². The lowest BCUT2D eigenvalue weighted by atomic mass is 9.98. The molecule has 0 aliphatic carbocycles. The lowest BCUT2D eigenvalue weighted by Crippen LogP contribution is -2.45. The molecule has 6 heteroatoms. The molecule has 5 nitrogen and oxygen atoms in total. The Morgan fingerprint density at radius 3 is 2.57 bits per heavy atom. The number of carbonyl (C=O) groups is 1. The molecule has 1 fully saturated rings. The fourth-order valence-electron chi connectivity index (χ4n) is 3.66. The van der Waals surface area contributed by atoms with Crippen molar-refractivity contribution in [3.05, 3.63) is 65.2 Å². The maximum Gasteiger partial charge on any atom is 0.243 e. The van der Waals surface area contributed by atoms with Gasteiger partial charge in [0, 0.05) is 13.1 Å². The first kappa shape index (κ1) is 20.6. The van der Waals surface area contributed by atoms with Gasteiger partial charge in [-0.15, -0.1) is 0 Å². The fourth-order valence-corrected chi connectivity index (χ4v) is 5.49. The van der Waals surface area contributed by atoms with Crippen LogP contribution in [-0.4, -0.2) is 31.7 Å². The molecular formula is C22H28N2O3S. The molecule has 0 saturated carbocycles. The predicted octanol–water partition coefficient (Wildman–Crippen LogP) is 3.58. The number of aryl methyl sites for hydroxylation is 2. The fraction of sp³-hybridized carbons (Fsp3) is 0.409. The molecule has 1 saturated heterocycles. The Kier molecular flexibility index (Phi) is 6.20. The van der Waals surface area contributed by atoms with Crippen molar-refractivity contribution >= 4 is 15.9 Å². The second kappa shape index (κ2) is 8.45. The van der Waals surface area contributed by atoms with E-state index in [0.29, 0.717) is 24.3 Å². The third kappa shape index (κ3) is 4.45. The SMILES string of the molecule is Cc1ccc(C)c(S(=O)(=O)N2CCC[C@@H](C(=O)N[C@H](C)c3ccccc3)C2)c1. The van der Waals surface area contributed by atoms with Crippen molar-refractivity contribution < 1.29 is 13.2 Å². The maximum atomic E-state index is 13.2. The third-order valence-corrected chi connectivity index (χ3v) is 7.38. The largest absolute Gasteiger partial charge is 0.349 e. The van der Waals surface area contributed by atoms with Crippen LogP contribution < -0.4 is 5.32 Å². The van der Waals surface area contributed by atoms with E-state index in [2.05, 4.69) is 5.32 Å². The highest BCUT2D eigenvalue weighted by Crippen LogP contribution is 2.27. The molecule has 1 heterocycles. The number of nitrogens with zero attached hydrogens (tertiary/aromatic N) is 1. The predicted molar refractivity (Wildman–Crippen MR) is 110 cm³/mol. The number of nitrogens with one attached hydrogen (secondary N) is 1. The van der Waals surface area contributed by atoms with E-state index in [1.165, 1.54) is 4.31 Å². The van der Waals surface area contributed by atoms with Crippen LogP contribution in [0.4, 0.5) is 0 Å². The number of rotatable bonds is 5. The molecule has 1 amide bonds. The molecule has 28 heavy (non-hydrogen) atoms. The van der Waals surface area contributed by atoms with Gasteiger partial charge in [-0.25, -0.2) is 8.42 Å². The average molecular weight is 401 g/mol. The summed E-state index contributed by atoms with van der Waals surface area (Å²) in [7, 11) is -3.61. The Morgan fingerprint density at radius 1 is 1.14 bits per heavy atom. The highest BCUT2D eigenvalue weighted by atomic mass is 32.2. The number of carbonyl (C=O) groups excluding carboxylic acids is 1. The standard InChI is InChI=1S/C22H28N2O3S/c1-16-11-12-17(2)21(14-16)28(26,27)24-13-7-10-20(15-24)22(25)23-18(3)19-8-5-4-6-9-19/h4-6,8-9,11-12,14,18,20H,7,10,13,15H2,1-3H3,(H,23,25)/t18-,20-/m1/s1. The number of amides is 1. The van der Waals surface area contributed by atoms with Crippen LogP contribution in [0.25, 0.3) is 0 Å². The van der Waals surface area contributed by atoms with E-state index in [9.17, 15) is 13.2 Å². The molecule has 0 radical (unpaired) electrons. The number of piperidine rings is 1. The molecule has 2 aromatic carbocycles. The number of hydrogen-bond acceptors (Lipinski definition) is 3. The monoisotopic (exact) mass is 400 g/mol. The molecule has 1 aliphatic rings. The van der Waals surface area contributed by atoms with Crippen molar-refractivity contribution in [3.63, 3.8) is 0 Å². The Labute approximate surface area is 167 Å². The molecule has 0 aromatic heterocycles. The smallest absolute Gasteiger partial charge is 0.243 e. The van der Waals surface area contributed by atoms with Crippen molar-refractivity contribution in [3.8, 4) is 0 Å². The summed E-state index contributed by atoms with van der Waals surface area (Å²) < 4.78 is 27.8. The van der Waals surface area contributed by atoms with E-state index in [1.54, 1.807) is 6.07 Å². The second-order valence-electron chi connectivity index (χ2n) is 7.61. The van der Waals surface area contributed by atoms with Crippen LogP contribution in [-0.2, 0) is 14.8 Å². The first-order valence-corrected chi connectivity index (χ1v) is 11.2. The van der Waals surface area contributed by atoms with Crippen molar-refractivity contribution in [2.45, 2.75) is 44.6 Å². The first-order chi connectivity index (χ1) is 13.3. The minimum Gasteiger partial charge on any atom is -0.349 e. The highest BCUT2D eigenvalue weighted by Gasteiger charge is 2.34. The molecule has 0 spiro atoms. The van der Waals surface area contributed by atoms with Gasteiger partial charge in [-0.05, 0) is 56.4 Å². The summed E-state index contributed by atoms with van der Waals surface area (Å²) in [5.74, 6) is -0.419. The molecule has 1 N–H and O–H groups in total. The molecule has 3 rings (SSSR count). The zero-order chi connectivity index (χ0) is 20.3. The second-order valence-corrected chi connectivity index (χ2v) is 9.52. The lowest BCUT2D eigenvalue weighted by molar-refractivity contribution is -0.126. The van der Waals surface area contributed by atoms with Gasteiger partial charge in [-0.1, -0.05) is 42.5 Å². The van der Waals surface area contributed by atoms with Gasteiger partial charge >= 0.3 is 0 Å². The highest BCUT2D eigenvalue weighted by molar-refractivity contribution is 7.89. The lowest BCUT2D eigenvalue weighted by Gasteiger charge is -2.32. The van der Waals surface area contributed by atoms with Gasteiger partial charge in [0.25, 0.3) is 0 Å². The summed E-state index contributed by atoms with van der Waals surface area (Å²) in [5.41, 5.74) is 2.67. The van der Waals surface area contributed by atoms with Crippen molar-refractivity contribution in [1.82, 2.24) is 9.62 Å². The van der Waals surface area contributed by atoms with Gasteiger partial charge in [-0.2, -0.15) is 4.31 Å². The van der Waals surface area contributed by atoms with Gasteiger partial charge in [-0.3, -0.25) is 4.79 Å². The van der Waals surface area contributed by atoms with Crippen LogP contribution in [0.5, 0.6) is 0 Å². The molecular weight excluding hydrogens is 372 g/mol. The van der Waals surface area contributed by atoms with Gasteiger partial charge in [0.15, 0.2) is 0 Å². The van der Waals surface area contributed by atoms with Crippen molar-refractivity contribution in [2.24, 2.45) is 5.92 Å². The van der Waals surface area contributed by atoms with Crippen LogP contribution in [0.1, 0.15) is 42.5 Å². The molecule has 150 valence electrons. The summed E-state index contributed by atoms with van der Waals surface area (Å²) >= 11 is 0. The van der Waals surface area contributed by atoms with E-state index in [1.807, 2.05) is 63.2 Å². The van der Waals surface area contributed by atoms with E-state index in [0.717, 1.165) is 16.7 Å². The number of sulfonamides is 1. The van der Waals surface area contributed by atoms with E-state index in [-0.39, 0.29) is 24.4 Å². The molecule has 1 aliphatic heterocycles. The summed E-state index contributed by atoms with van der Waals surface area (Å²) in [6.45, 7) is 6.31. The third-order valence-electron chi connectivity index (χ3n) is 5.37. The summed E-state index contributed by atoms with van der Waals surface area (Å²) in [5, 5.41) is 3.04. The topological polar surface area (TPSA) is 66.5 Å². The van der Waals surface area contributed by atoms with Crippen molar-refractivity contribution in [1.29, 1.82) is 0 Å². The first-order valence-electron chi connectivity index (χ1n) is 9.72. The average Bonchev–Trinajstić information content (AvgIpc) is 2.70. The van der Waals surface area contributed by atoms with Crippen molar-refractivity contribution in [2.75, 3.05) is 13.1 Å². The molecule has 2 atom stereocenters. The summed E-state index contributed by atoms with van der Waals surface area (Å²) in [6.07, 6.45) is 1.38. The van der Waals surface area contributed by atoms with Crippen LogP contribution in [0.2, 0.25) is 0 Å². The van der Waals surface area contributed by atoms with Gasteiger partial charge in [0.1, 0.15) is 0 Å². The number of hydrogen-bond donors (Lipinski definition) is 1.